The van der Waals surface area contributed by atoms with Crippen LogP contribution in [0, 0.1) is 20.8 Å². The van der Waals surface area contributed by atoms with Crippen molar-refractivity contribution in [3.05, 3.63) is 55.0 Å². The lowest BCUT2D eigenvalue weighted by Crippen LogP contribution is -2.50. The number of nitrogens with zero attached hydrogens (tertiary/aromatic N) is 1. The first-order chi connectivity index (χ1) is 12.1. The number of thiophene rings is 1. The van der Waals surface area contributed by atoms with Crippen molar-refractivity contribution in [2.24, 2.45) is 0 Å². The van der Waals surface area contributed by atoms with E-state index < -0.39 is 22.8 Å². The number of rotatable bonds is 3. The monoisotopic (exact) mass is 372 g/mol. The minimum Gasteiger partial charge on any atom is -0.480 e. The zero-order chi connectivity index (χ0) is 19.4. The van der Waals surface area contributed by atoms with Crippen LogP contribution < -0.4 is 11.2 Å². The molecule has 26 heavy (non-hydrogen) atoms. The van der Waals surface area contributed by atoms with Crippen LogP contribution in [0.15, 0.2) is 27.8 Å². The predicted octanol–water partition coefficient (Wildman–Crippen LogP) is 3.16. The van der Waals surface area contributed by atoms with Crippen LogP contribution in [0.25, 0.3) is 21.3 Å². The molecule has 1 aromatic carbocycles. The molecule has 0 aliphatic heterocycles. The smallest absolute Gasteiger partial charge is 0.330 e. The maximum absolute atomic E-state index is 13.1. The lowest BCUT2D eigenvalue weighted by molar-refractivity contribution is -0.146. The Morgan fingerprint density at radius 3 is 2.38 bits per heavy atom. The number of hydrogen-bond donors (Lipinski definition) is 2. The zero-order valence-electron chi connectivity index (χ0n) is 15.3. The van der Waals surface area contributed by atoms with Gasteiger partial charge in [0, 0.05) is 10.4 Å². The molecule has 7 heteroatoms. The average molecular weight is 372 g/mol. The van der Waals surface area contributed by atoms with Crippen molar-refractivity contribution in [1.82, 2.24) is 9.55 Å². The Bertz CT molecular complexity index is 1160. The predicted molar refractivity (Wildman–Crippen MR) is 103 cm³/mol. The molecule has 0 fully saturated rings. The molecular formula is C19H20N2O4S. The molecule has 0 amide bonds. The van der Waals surface area contributed by atoms with E-state index in [1.807, 2.05) is 39.0 Å². The molecule has 6 nitrogen and oxygen atoms in total. The van der Waals surface area contributed by atoms with E-state index in [2.05, 4.69) is 4.98 Å². The van der Waals surface area contributed by atoms with Crippen LogP contribution in [0.4, 0.5) is 0 Å². The van der Waals surface area contributed by atoms with E-state index in [1.165, 1.54) is 25.2 Å². The van der Waals surface area contributed by atoms with Gasteiger partial charge in [-0.05, 0) is 51.3 Å². The molecule has 0 unspecified atom stereocenters. The highest BCUT2D eigenvalue weighted by molar-refractivity contribution is 7.19. The van der Waals surface area contributed by atoms with E-state index in [0.717, 1.165) is 31.7 Å². The summed E-state index contributed by atoms with van der Waals surface area (Å²) in [5.74, 6) is -1.25. The third-order valence-corrected chi connectivity index (χ3v) is 5.82. The van der Waals surface area contributed by atoms with Gasteiger partial charge < -0.3 is 5.11 Å². The van der Waals surface area contributed by atoms with Crippen LogP contribution in [0.5, 0.6) is 0 Å². The van der Waals surface area contributed by atoms with Gasteiger partial charge in [0.1, 0.15) is 10.4 Å². The molecule has 0 saturated carbocycles. The number of hydrogen-bond acceptors (Lipinski definition) is 4. The van der Waals surface area contributed by atoms with E-state index in [-0.39, 0.29) is 0 Å². The molecular weight excluding hydrogens is 352 g/mol. The van der Waals surface area contributed by atoms with Crippen LogP contribution in [-0.2, 0) is 10.3 Å². The molecule has 0 radical (unpaired) electrons. The highest BCUT2D eigenvalue weighted by Crippen LogP contribution is 2.36. The normalized spacial score (nSPS) is 11.9. The number of aryl methyl sites for hydroxylation is 3. The third kappa shape index (κ3) is 2.59. The SMILES string of the molecule is Cc1ccc(-c2c(C)sc3[nH]c(=O)n(C(C)(C)C(=O)O)c(=O)c23)cc1C. The molecule has 2 aromatic heterocycles. The maximum atomic E-state index is 13.1. The van der Waals surface area contributed by atoms with Gasteiger partial charge in [-0.3, -0.25) is 9.78 Å². The average Bonchev–Trinajstić information content (AvgIpc) is 2.85. The number of aromatic amines is 1. The van der Waals surface area contributed by atoms with Crippen LogP contribution in [0.1, 0.15) is 29.9 Å². The number of aromatic nitrogens is 2. The fourth-order valence-electron chi connectivity index (χ4n) is 3.04. The van der Waals surface area contributed by atoms with Crippen molar-refractivity contribution >= 4 is 27.5 Å². The molecule has 0 aliphatic carbocycles. The lowest BCUT2D eigenvalue weighted by atomic mass is 9.99. The van der Waals surface area contributed by atoms with Gasteiger partial charge in [-0.2, -0.15) is 0 Å². The summed E-state index contributed by atoms with van der Waals surface area (Å²) in [6, 6.07) is 5.92. The number of fused-ring (bicyclic) bond motifs is 1. The number of carboxylic acid groups (broad SMARTS) is 1. The Hall–Kier alpha value is -2.67. The van der Waals surface area contributed by atoms with Gasteiger partial charge >= 0.3 is 11.7 Å². The highest BCUT2D eigenvalue weighted by atomic mass is 32.1. The van der Waals surface area contributed by atoms with E-state index >= 15 is 0 Å². The fraction of sp³-hybridized carbons (Fsp3) is 0.316. The topological polar surface area (TPSA) is 92.2 Å². The Morgan fingerprint density at radius 2 is 1.81 bits per heavy atom. The summed E-state index contributed by atoms with van der Waals surface area (Å²) in [6.07, 6.45) is 0. The van der Waals surface area contributed by atoms with Gasteiger partial charge in [0.2, 0.25) is 0 Å². The van der Waals surface area contributed by atoms with Gasteiger partial charge in [-0.25, -0.2) is 14.2 Å². The van der Waals surface area contributed by atoms with Gasteiger partial charge in [0.05, 0.1) is 5.39 Å². The summed E-state index contributed by atoms with van der Waals surface area (Å²) in [5.41, 5.74) is 0.886. The summed E-state index contributed by atoms with van der Waals surface area (Å²) in [5, 5.41) is 9.82. The number of aliphatic carboxylic acids is 1. The van der Waals surface area contributed by atoms with Crippen molar-refractivity contribution in [2.75, 3.05) is 0 Å². The Labute approximate surface area is 153 Å². The van der Waals surface area contributed by atoms with Crippen molar-refractivity contribution in [3.63, 3.8) is 0 Å². The van der Waals surface area contributed by atoms with E-state index in [1.54, 1.807) is 0 Å². The number of benzene rings is 1. The maximum Gasteiger partial charge on any atom is 0.330 e. The van der Waals surface area contributed by atoms with Gasteiger partial charge in [0.15, 0.2) is 0 Å². The third-order valence-electron chi connectivity index (χ3n) is 4.80. The summed E-state index contributed by atoms with van der Waals surface area (Å²) >= 11 is 1.32. The van der Waals surface area contributed by atoms with Crippen LogP contribution in [0.2, 0.25) is 0 Å². The summed E-state index contributed by atoms with van der Waals surface area (Å²) < 4.78 is 0.786. The van der Waals surface area contributed by atoms with Crippen molar-refractivity contribution in [3.8, 4) is 11.1 Å². The van der Waals surface area contributed by atoms with Crippen LogP contribution in [-0.4, -0.2) is 20.6 Å². The minimum absolute atomic E-state index is 0.352. The quantitative estimate of drug-likeness (QED) is 0.739. The van der Waals surface area contributed by atoms with Gasteiger partial charge in [-0.15, -0.1) is 11.3 Å². The first-order valence-electron chi connectivity index (χ1n) is 8.15. The van der Waals surface area contributed by atoms with Crippen molar-refractivity contribution < 1.29 is 9.90 Å². The lowest BCUT2D eigenvalue weighted by Gasteiger charge is -2.21. The second kappa shape index (κ2) is 5.95. The largest absolute Gasteiger partial charge is 0.480 e. The van der Waals surface area contributed by atoms with Gasteiger partial charge in [-0.1, -0.05) is 18.2 Å². The molecule has 3 aromatic rings. The fourth-order valence-corrected chi connectivity index (χ4v) is 4.10. The number of carboxylic acids is 1. The van der Waals surface area contributed by atoms with E-state index in [4.69, 9.17) is 0 Å². The number of H-pyrrole nitrogens is 1. The highest BCUT2D eigenvalue weighted by Gasteiger charge is 2.34. The van der Waals surface area contributed by atoms with Crippen molar-refractivity contribution in [1.29, 1.82) is 0 Å². The zero-order valence-corrected chi connectivity index (χ0v) is 16.1. The molecule has 0 spiro atoms. The Morgan fingerprint density at radius 1 is 1.15 bits per heavy atom. The number of carbonyl (C=O) groups is 1. The molecule has 0 aliphatic rings. The van der Waals surface area contributed by atoms with E-state index in [9.17, 15) is 19.5 Å². The molecule has 0 atom stereocenters. The molecule has 0 saturated heterocycles. The Balaban J connectivity index is 2.45. The molecule has 0 bridgehead atoms. The summed E-state index contributed by atoms with van der Waals surface area (Å²) in [6.45, 7) is 8.58. The van der Waals surface area contributed by atoms with Crippen molar-refractivity contribution in [2.45, 2.75) is 40.2 Å². The van der Waals surface area contributed by atoms with Crippen LogP contribution >= 0.6 is 11.3 Å². The van der Waals surface area contributed by atoms with E-state index in [0.29, 0.717) is 10.2 Å². The first kappa shape index (κ1) is 18.1. The van der Waals surface area contributed by atoms with Crippen LogP contribution in [0.3, 0.4) is 0 Å². The second-order valence-electron chi connectivity index (χ2n) is 6.97. The summed E-state index contributed by atoms with van der Waals surface area (Å²) in [7, 11) is 0. The molecule has 2 heterocycles. The molecule has 3 rings (SSSR count). The number of nitrogens with one attached hydrogen (secondary N) is 1. The summed E-state index contributed by atoms with van der Waals surface area (Å²) in [4.78, 5) is 41.2. The molecule has 2 N–H and O–H groups in total. The standard InChI is InChI=1S/C19H20N2O4S/c1-9-6-7-12(8-10(9)2)13-11(3)26-15-14(13)16(22)21(18(25)20-15)19(4,5)17(23)24/h6-8H,1-5H3,(H,20,25)(H,23,24). The second-order valence-corrected chi connectivity index (χ2v) is 8.20. The Kier molecular flexibility index (Phi) is 4.15. The molecule has 136 valence electrons. The van der Waals surface area contributed by atoms with Gasteiger partial charge in [0.25, 0.3) is 5.56 Å². The first-order valence-corrected chi connectivity index (χ1v) is 8.97. The minimum atomic E-state index is -1.66.